The fourth-order valence-electron chi connectivity index (χ4n) is 3.14. The molecule has 2 amide bonds. The first-order valence-electron chi connectivity index (χ1n) is 9.91. The zero-order valence-corrected chi connectivity index (χ0v) is 20.0. The van der Waals surface area contributed by atoms with Crippen LogP contribution in [0.4, 0.5) is 10.5 Å². The predicted octanol–water partition coefficient (Wildman–Crippen LogP) is 5.25. The third-order valence-electron chi connectivity index (χ3n) is 4.81. The lowest BCUT2D eigenvalue weighted by atomic mass is 10.2. The lowest BCUT2D eigenvalue weighted by Gasteiger charge is -2.12. The third kappa shape index (κ3) is 5.70. The molecule has 4 rings (SSSR count). The summed E-state index contributed by atoms with van der Waals surface area (Å²) in [6.45, 7) is 0.0871. The van der Waals surface area contributed by atoms with E-state index < -0.39 is 31.9 Å². The first kappa shape index (κ1) is 24.5. The van der Waals surface area contributed by atoms with Gasteiger partial charge in [0, 0.05) is 17.2 Å². The van der Waals surface area contributed by atoms with Gasteiger partial charge in [0.15, 0.2) is 0 Å². The van der Waals surface area contributed by atoms with Crippen molar-refractivity contribution in [2.45, 2.75) is 11.4 Å². The number of hydrogen-bond acceptors (Lipinski definition) is 8. The molecule has 0 atom stereocenters. The van der Waals surface area contributed by atoms with Gasteiger partial charge >= 0.3 is 10.1 Å². The summed E-state index contributed by atoms with van der Waals surface area (Å²) in [5.74, 6) is -0.545. The number of thioether (sulfide) groups is 1. The largest absolute Gasteiger partial charge is 0.379 e. The van der Waals surface area contributed by atoms with Crippen LogP contribution in [0.25, 0.3) is 6.08 Å². The molecule has 0 N–H and O–H groups in total. The number of nitrogens with zero attached hydrogens (tertiary/aromatic N) is 2. The summed E-state index contributed by atoms with van der Waals surface area (Å²) in [4.78, 5) is 36.3. The number of benzene rings is 3. The third-order valence-corrected chi connectivity index (χ3v) is 7.21. The molecular formula is C23H15ClN2O7S2. The Morgan fingerprint density at radius 1 is 1.03 bits per heavy atom. The quantitative estimate of drug-likeness (QED) is 0.175. The van der Waals surface area contributed by atoms with E-state index in [1.165, 1.54) is 42.5 Å². The normalized spacial score (nSPS) is 15.0. The topological polar surface area (TPSA) is 124 Å². The van der Waals surface area contributed by atoms with E-state index in [2.05, 4.69) is 0 Å². The van der Waals surface area contributed by atoms with Crippen LogP contribution < -0.4 is 4.18 Å². The molecule has 3 aromatic carbocycles. The van der Waals surface area contributed by atoms with Crippen LogP contribution in [0.15, 0.2) is 82.6 Å². The van der Waals surface area contributed by atoms with Crippen LogP contribution in [0.3, 0.4) is 0 Å². The van der Waals surface area contributed by atoms with Crippen molar-refractivity contribution < 1.29 is 27.1 Å². The Balaban J connectivity index is 1.53. The van der Waals surface area contributed by atoms with Crippen molar-refractivity contribution in [3.05, 3.63) is 104 Å². The Kier molecular flexibility index (Phi) is 6.92. The van der Waals surface area contributed by atoms with Gasteiger partial charge in [-0.25, -0.2) is 0 Å². The Morgan fingerprint density at radius 2 is 1.74 bits per heavy atom. The van der Waals surface area contributed by atoms with E-state index >= 15 is 0 Å². The molecule has 9 nitrogen and oxygen atoms in total. The van der Waals surface area contributed by atoms with Crippen LogP contribution in [-0.2, 0) is 21.5 Å². The van der Waals surface area contributed by atoms with E-state index in [9.17, 15) is 28.1 Å². The molecule has 178 valence electrons. The van der Waals surface area contributed by atoms with Crippen LogP contribution >= 0.6 is 23.4 Å². The molecule has 1 aliphatic rings. The molecule has 0 bridgehead atoms. The standard InChI is InChI=1S/C23H15ClN2O7S2/c24-17-9-7-15(8-10-17)14-25-22(27)21(34-23(25)28)12-16-3-1-5-19(11-16)33-35(31,32)20-6-2-4-18(13-20)26(29)30/h1-13H,14H2/b21-12-. The number of carbonyl (C=O) groups is 2. The minimum atomic E-state index is -4.35. The van der Waals surface area contributed by atoms with Crippen LogP contribution in [0.2, 0.25) is 5.02 Å². The van der Waals surface area contributed by atoms with Gasteiger partial charge in [0.25, 0.3) is 16.8 Å². The molecule has 1 heterocycles. The number of nitro groups is 1. The SMILES string of the molecule is O=C1S/C(=C\c2cccc(OS(=O)(=O)c3cccc([N+](=O)[O-])c3)c2)C(=O)N1Cc1ccc(Cl)cc1. The highest BCUT2D eigenvalue weighted by Gasteiger charge is 2.35. The average molecular weight is 531 g/mol. The van der Waals surface area contributed by atoms with Gasteiger partial charge in [-0.2, -0.15) is 8.42 Å². The Morgan fingerprint density at radius 3 is 2.46 bits per heavy atom. The van der Waals surface area contributed by atoms with Gasteiger partial charge in [-0.05, 0) is 59.3 Å². The van der Waals surface area contributed by atoms with Gasteiger partial charge in [0.05, 0.1) is 16.4 Å². The van der Waals surface area contributed by atoms with Crippen molar-refractivity contribution in [1.29, 1.82) is 0 Å². The molecule has 1 aliphatic heterocycles. The number of non-ortho nitro benzene ring substituents is 1. The summed E-state index contributed by atoms with van der Waals surface area (Å²) >= 11 is 6.64. The maximum atomic E-state index is 12.8. The summed E-state index contributed by atoms with van der Waals surface area (Å²) < 4.78 is 30.3. The van der Waals surface area contributed by atoms with Crippen LogP contribution in [0, 0.1) is 10.1 Å². The molecule has 0 aliphatic carbocycles. The number of halogens is 1. The van der Waals surface area contributed by atoms with E-state index in [0.717, 1.165) is 28.3 Å². The molecular weight excluding hydrogens is 516 g/mol. The second kappa shape index (κ2) is 9.90. The number of amides is 2. The summed E-state index contributed by atoms with van der Waals surface area (Å²) in [6, 6.07) is 17.2. The highest BCUT2D eigenvalue weighted by molar-refractivity contribution is 8.18. The average Bonchev–Trinajstić information content (AvgIpc) is 3.07. The Bertz CT molecular complexity index is 1470. The molecule has 0 radical (unpaired) electrons. The molecule has 12 heteroatoms. The van der Waals surface area contributed by atoms with Crippen molar-refractivity contribution in [2.75, 3.05) is 0 Å². The highest BCUT2D eigenvalue weighted by Crippen LogP contribution is 2.34. The van der Waals surface area contributed by atoms with E-state index in [4.69, 9.17) is 15.8 Å². The fourth-order valence-corrected chi connectivity index (χ4v) is 5.07. The number of rotatable bonds is 7. The first-order chi connectivity index (χ1) is 16.6. The van der Waals surface area contributed by atoms with Crippen molar-refractivity contribution in [3.8, 4) is 5.75 Å². The molecule has 3 aromatic rings. The van der Waals surface area contributed by atoms with E-state index in [-0.39, 0.29) is 22.1 Å². The lowest BCUT2D eigenvalue weighted by Crippen LogP contribution is -2.27. The second-order valence-corrected chi connectivity index (χ2v) is 10.2. The monoisotopic (exact) mass is 530 g/mol. The van der Waals surface area contributed by atoms with E-state index in [1.807, 2.05) is 0 Å². The van der Waals surface area contributed by atoms with Gasteiger partial charge in [-0.3, -0.25) is 24.6 Å². The molecule has 0 spiro atoms. The number of nitro benzene ring substituents is 1. The van der Waals surface area contributed by atoms with Gasteiger partial charge < -0.3 is 4.18 Å². The number of imide groups is 1. The maximum Gasteiger partial charge on any atom is 0.339 e. The Labute approximate surface area is 209 Å². The zero-order valence-electron chi connectivity index (χ0n) is 17.7. The van der Waals surface area contributed by atoms with Crippen LogP contribution in [0.1, 0.15) is 11.1 Å². The lowest BCUT2D eigenvalue weighted by molar-refractivity contribution is -0.385. The fraction of sp³-hybridized carbons (Fsp3) is 0.0435. The van der Waals surface area contributed by atoms with Gasteiger partial charge in [0.1, 0.15) is 10.6 Å². The zero-order chi connectivity index (χ0) is 25.2. The minimum absolute atomic E-state index is 0.0642. The van der Waals surface area contributed by atoms with Crippen molar-refractivity contribution in [2.24, 2.45) is 0 Å². The van der Waals surface area contributed by atoms with Gasteiger partial charge in [-0.15, -0.1) is 0 Å². The van der Waals surface area contributed by atoms with Crippen molar-refractivity contribution >= 4 is 56.4 Å². The smallest absolute Gasteiger partial charge is 0.339 e. The van der Waals surface area contributed by atoms with Crippen molar-refractivity contribution in [3.63, 3.8) is 0 Å². The molecule has 0 unspecified atom stereocenters. The molecule has 1 saturated heterocycles. The van der Waals surface area contributed by atoms with Crippen molar-refractivity contribution in [1.82, 2.24) is 4.90 Å². The first-order valence-corrected chi connectivity index (χ1v) is 12.5. The second-order valence-electron chi connectivity index (χ2n) is 7.26. The Hall–Kier alpha value is -3.67. The van der Waals surface area contributed by atoms with E-state index in [0.29, 0.717) is 10.6 Å². The molecule has 0 saturated carbocycles. The van der Waals surface area contributed by atoms with Crippen LogP contribution in [-0.4, -0.2) is 29.4 Å². The summed E-state index contributed by atoms with van der Waals surface area (Å²) in [5, 5.41) is 11.0. The van der Waals surface area contributed by atoms with Gasteiger partial charge in [-0.1, -0.05) is 41.9 Å². The van der Waals surface area contributed by atoms with Gasteiger partial charge in [0.2, 0.25) is 0 Å². The number of hydrogen-bond donors (Lipinski definition) is 0. The van der Waals surface area contributed by atoms with Crippen LogP contribution in [0.5, 0.6) is 5.75 Å². The minimum Gasteiger partial charge on any atom is -0.379 e. The summed E-state index contributed by atoms with van der Waals surface area (Å²) in [5.41, 5.74) is 0.770. The maximum absolute atomic E-state index is 12.8. The molecule has 35 heavy (non-hydrogen) atoms. The summed E-state index contributed by atoms with van der Waals surface area (Å²) in [6.07, 6.45) is 1.46. The highest BCUT2D eigenvalue weighted by atomic mass is 35.5. The molecule has 1 fully saturated rings. The summed E-state index contributed by atoms with van der Waals surface area (Å²) in [7, 11) is -4.35. The predicted molar refractivity (Wildman–Crippen MR) is 130 cm³/mol. The van der Waals surface area contributed by atoms with E-state index in [1.54, 1.807) is 30.3 Å². The molecule has 0 aromatic heterocycles. The number of carbonyl (C=O) groups excluding carboxylic acids is 2.